The monoisotopic (exact) mass is 177 g/mol. The van der Waals surface area contributed by atoms with Crippen molar-refractivity contribution in [3.05, 3.63) is 18.1 Å². The van der Waals surface area contributed by atoms with E-state index in [1.165, 1.54) is 6.20 Å². The van der Waals surface area contributed by atoms with E-state index in [0.29, 0.717) is 11.5 Å². The van der Waals surface area contributed by atoms with Crippen LogP contribution in [0.15, 0.2) is 12.4 Å². The van der Waals surface area contributed by atoms with E-state index in [-0.39, 0.29) is 0 Å². The third kappa shape index (κ3) is 2.69. The molecular weight excluding hydrogens is 166 g/mol. The van der Waals surface area contributed by atoms with Crippen LogP contribution in [0.4, 0.5) is 5.82 Å². The normalized spacial score (nSPS) is 9.23. The minimum atomic E-state index is 0.332. The van der Waals surface area contributed by atoms with Gasteiger partial charge in [-0.25, -0.2) is 9.97 Å². The molecule has 0 aliphatic heterocycles. The smallest absolute Gasteiger partial charge is 0.182 e. The lowest BCUT2D eigenvalue weighted by Crippen LogP contribution is -2.18. The Bertz CT molecular complexity index is 304. The van der Waals surface area contributed by atoms with Crippen molar-refractivity contribution < 1.29 is 0 Å². The van der Waals surface area contributed by atoms with E-state index in [1.54, 1.807) is 6.20 Å². The fourth-order valence-corrected chi connectivity index (χ4v) is 0.855. The molecule has 2 N–H and O–H groups in total. The average molecular weight is 177 g/mol. The third-order valence-electron chi connectivity index (χ3n) is 1.47. The first-order valence-electron chi connectivity index (χ1n) is 3.98. The second-order valence-electron chi connectivity index (χ2n) is 2.40. The van der Waals surface area contributed by atoms with Crippen molar-refractivity contribution in [2.24, 2.45) is 0 Å². The minimum Gasteiger partial charge on any atom is -0.366 e. The van der Waals surface area contributed by atoms with Gasteiger partial charge in [-0.3, -0.25) is 0 Å². The molecule has 5 nitrogen and oxygen atoms in total. The largest absolute Gasteiger partial charge is 0.366 e. The highest BCUT2D eigenvalue weighted by Crippen LogP contribution is 2.04. The molecule has 0 saturated carbocycles. The number of nitrogens with zero attached hydrogens (tertiary/aromatic N) is 3. The van der Waals surface area contributed by atoms with Gasteiger partial charge in [0.2, 0.25) is 0 Å². The van der Waals surface area contributed by atoms with Gasteiger partial charge in [-0.15, -0.1) is 0 Å². The Hall–Kier alpha value is -1.67. The molecule has 68 valence electrons. The maximum absolute atomic E-state index is 8.67. The summed E-state index contributed by atoms with van der Waals surface area (Å²) in [7, 11) is 1.86. The molecule has 0 aromatic carbocycles. The molecule has 0 spiro atoms. The lowest BCUT2D eigenvalue weighted by molar-refractivity contribution is 0.820. The van der Waals surface area contributed by atoms with Crippen LogP contribution in [0.2, 0.25) is 0 Å². The fourth-order valence-electron chi connectivity index (χ4n) is 0.855. The predicted octanol–water partition coefficient (Wildman–Crippen LogP) is -0.0204. The number of nitrogens with one attached hydrogen (secondary N) is 2. The number of hydrogen-bond acceptors (Lipinski definition) is 5. The van der Waals surface area contributed by atoms with Crippen LogP contribution in [0, 0.1) is 11.3 Å². The Morgan fingerprint density at radius 2 is 2.15 bits per heavy atom. The first kappa shape index (κ1) is 9.42. The Morgan fingerprint density at radius 3 is 2.85 bits per heavy atom. The summed E-state index contributed by atoms with van der Waals surface area (Å²) in [6.45, 7) is 1.55. The molecule has 5 heteroatoms. The molecule has 0 amide bonds. The van der Waals surface area contributed by atoms with Crippen LogP contribution in [-0.4, -0.2) is 30.1 Å². The molecule has 0 saturated heterocycles. The summed E-state index contributed by atoms with van der Waals surface area (Å²) < 4.78 is 0. The quantitative estimate of drug-likeness (QED) is 0.632. The maximum atomic E-state index is 8.67. The zero-order chi connectivity index (χ0) is 9.52. The second-order valence-corrected chi connectivity index (χ2v) is 2.40. The van der Waals surface area contributed by atoms with Gasteiger partial charge in [0.25, 0.3) is 0 Å². The molecule has 1 aromatic heterocycles. The van der Waals surface area contributed by atoms with Gasteiger partial charge in [-0.1, -0.05) is 0 Å². The summed E-state index contributed by atoms with van der Waals surface area (Å²) in [5.41, 5.74) is 0.332. The molecule has 0 fully saturated rings. The van der Waals surface area contributed by atoms with Crippen molar-refractivity contribution in [1.29, 1.82) is 5.26 Å². The van der Waals surface area contributed by atoms with E-state index in [4.69, 9.17) is 5.26 Å². The van der Waals surface area contributed by atoms with Crippen LogP contribution in [0.3, 0.4) is 0 Å². The highest BCUT2D eigenvalue weighted by atomic mass is 15.0. The van der Waals surface area contributed by atoms with Crippen LogP contribution in [0.5, 0.6) is 0 Å². The van der Waals surface area contributed by atoms with Crippen LogP contribution in [0.25, 0.3) is 0 Å². The van der Waals surface area contributed by atoms with Gasteiger partial charge in [0.15, 0.2) is 11.5 Å². The van der Waals surface area contributed by atoms with Gasteiger partial charge >= 0.3 is 0 Å². The third-order valence-corrected chi connectivity index (χ3v) is 1.47. The van der Waals surface area contributed by atoms with E-state index in [0.717, 1.165) is 13.1 Å². The lowest BCUT2D eigenvalue weighted by Gasteiger charge is -2.04. The van der Waals surface area contributed by atoms with Crippen molar-refractivity contribution >= 4 is 5.82 Å². The molecule has 1 rings (SSSR count). The summed E-state index contributed by atoms with van der Waals surface area (Å²) in [5, 5.41) is 14.7. The number of nitriles is 1. The average Bonchev–Trinajstić information content (AvgIpc) is 2.19. The summed E-state index contributed by atoms with van der Waals surface area (Å²) in [4.78, 5) is 7.87. The van der Waals surface area contributed by atoms with Gasteiger partial charge < -0.3 is 10.6 Å². The van der Waals surface area contributed by atoms with E-state index in [9.17, 15) is 0 Å². The number of aromatic nitrogens is 2. The number of anilines is 1. The molecule has 0 atom stereocenters. The molecule has 0 bridgehead atoms. The summed E-state index contributed by atoms with van der Waals surface area (Å²) in [6.07, 6.45) is 3.06. The molecule has 1 aromatic rings. The number of rotatable bonds is 4. The first-order valence-corrected chi connectivity index (χ1v) is 3.98. The van der Waals surface area contributed by atoms with Gasteiger partial charge in [0, 0.05) is 25.5 Å². The summed E-state index contributed by atoms with van der Waals surface area (Å²) in [6, 6.07) is 1.97. The Kier molecular flexibility index (Phi) is 3.67. The van der Waals surface area contributed by atoms with E-state index < -0.39 is 0 Å². The van der Waals surface area contributed by atoms with E-state index >= 15 is 0 Å². The van der Waals surface area contributed by atoms with Gasteiger partial charge in [-0.2, -0.15) is 5.26 Å². The van der Waals surface area contributed by atoms with Crippen LogP contribution in [0.1, 0.15) is 5.69 Å². The Morgan fingerprint density at radius 1 is 1.38 bits per heavy atom. The van der Waals surface area contributed by atoms with Gasteiger partial charge in [0.05, 0.1) is 0 Å². The maximum Gasteiger partial charge on any atom is 0.182 e. The molecule has 0 aliphatic rings. The molecule has 0 unspecified atom stereocenters. The molecule has 0 radical (unpaired) electrons. The van der Waals surface area contributed by atoms with E-state index in [2.05, 4.69) is 20.6 Å². The minimum absolute atomic E-state index is 0.332. The van der Waals surface area contributed by atoms with Crippen LogP contribution >= 0.6 is 0 Å². The SMILES string of the molecule is CNCCNc1nccnc1C#N. The fraction of sp³-hybridized carbons (Fsp3) is 0.375. The number of likely N-dealkylation sites (N-methyl/N-ethyl adjacent to an activating group) is 1. The summed E-state index contributed by atoms with van der Waals surface area (Å²) >= 11 is 0. The van der Waals surface area contributed by atoms with Crippen molar-refractivity contribution in [2.75, 3.05) is 25.5 Å². The zero-order valence-corrected chi connectivity index (χ0v) is 7.41. The first-order chi connectivity index (χ1) is 6.38. The highest BCUT2D eigenvalue weighted by Gasteiger charge is 2.01. The van der Waals surface area contributed by atoms with Gasteiger partial charge in [0.1, 0.15) is 6.07 Å². The van der Waals surface area contributed by atoms with Crippen molar-refractivity contribution in [3.8, 4) is 6.07 Å². The van der Waals surface area contributed by atoms with Crippen molar-refractivity contribution in [3.63, 3.8) is 0 Å². The number of hydrogen-bond donors (Lipinski definition) is 2. The molecule has 13 heavy (non-hydrogen) atoms. The van der Waals surface area contributed by atoms with E-state index in [1.807, 2.05) is 13.1 Å². The van der Waals surface area contributed by atoms with Crippen molar-refractivity contribution in [1.82, 2.24) is 15.3 Å². The second kappa shape index (κ2) is 5.06. The van der Waals surface area contributed by atoms with Crippen LogP contribution < -0.4 is 10.6 Å². The zero-order valence-electron chi connectivity index (χ0n) is 7.41. The molecule has 0 aliphatic carbocycles. The Balaban J connectivity index is 2.60. The molecule has 1 heterocycles. The standard InChI is InChI=1S/C8H11N5/c1-10-2-3-12-8-7(6-9)11-4-5-13-8/h4-5,10H,2-3H2,1H3,(H,12,13). The highest BCUT2D eigenvalue weighted by molar-refractivity contribution is 5.46. The topological polar surface area (TPSA) is 73.6 Å². The molecular formula is C8H11N5. The lowest BCUT2D eigenvalue weighted by atomic mass is 10.4. The van der Waals surface area contributed by atoms with Crippen molar-refractivity contribution in [2.45, 2.75) is 0 Å². The predicted molar refractivity (Wildman–Crippen MR) is 49.2 cm³/mol. The summed E-state index contributed by atoms with van der Waals surface area (Å²) in [5.74, 6) is 0.542. The van der Waals surface area contributed by atoms with Crippen LogP contribution in [-0.2, 0) is 0 Å². The van der Waals surface area contributed by atoms with Gasteiger partial charge in [-0.05, 0) is 7.05 Å². The Labute approximate surface area is 76.8 Å².